The summed E-state index contributed by atoms with van der Waals surface area (Å²) in [5, 5.41) is 10.7. The van der Waals surface area contributed by atoms with Gasteiger partial charge in [0.05, 0.1) is 6.04 Å². The molecule has 0 bridgehead atoms. The molecule has 1 aromatic carbocycles. The molecule has 0 saturated carbocycles. The first-order chi connectivity index (χ1) is 7.59. The number of nitrogens with two attached hydrogens (primary N) is 1. The van der Waals surface area contributed by atoms with Crippen molar-refractivity contribution in [3.8, 4) is 10.6 Å². The summed E-state index contributed by atoms with van der Waals surface area (Å²) in [7, 11) is 0. The van der Waals surface area contributed by atoms with Gasteiger partial charge in [-0.25, -0.2) is 0 Å². The quantitative estimate of drug-likeness (QED) is 0.894. The van der Waals surface area contributed by atoms with Gasteiger partial charge in [0.25, 0.3) is 0 Å². The van der Waals surface area contributed by atoms with E-state index in [9.17, 15) is 0 Å². The van der Waals surface area contributed by atoms with E-state index >= 15 is 0 Å². The van der Waals surface area contributed by atoms with E-state index in [1.54, 1.807) is 0 Å². The lowest BCUT2D eigenvalue weighted by Crippen LogP contribution is -2.03. The van der Waals surface area contributed by atoms with E-state index in [1.165, 1.54) is 11.3 Å². The Labute approximate surface area is 103 Å². The lowest BCUT2D eigenvalue weighted by molar-refractivity contribution is 0.786. The van der Waals surface area contributed by atoms with Crippen molar-refractivity contribution in [2.45, 2.75) is 19.9 Å². The second-order valence-corrected chi connectivity index (χ2v) is 5.06. The van der Waals surface area contributed by atoms with Gasteiger partial charge in [0.2, 0.25) is 0 Å². The summed E-state index contributed by atoms with van der Waals surface area (Å²) in [5.41, 5.74) is 7.80. The third kappa shape index (κ3) is 2.09. The second-order valence-electron chi connectivity index (χ2n) is 3.65. The van der Waals surface area contributed by atoms with Gasteiger partial charge >= 0.3 is 0 Å². The number of aromatic nitrogens is 2. The molecule has 5 heteroatoms. The first kappa shape index (κ1) is 11.5. The summed E-state index contributed by atoms with van der Waals surface area (Å²) in [4.78, 5) is 0. The second kappa shape index (κ2) is 4.49. The zero-order chi connectivity index (χ0) is 11.7. The molecule has 84 valence electrons. The van der Waals surface area contributed by atoms with Crippen LogP contribution in [0.2, 0.25) is 5.02 Å². The molecule has 1 aromatic heterocycles. The number of hydrogen-bond acceptors (Lipinski definition) is 4. The van der Waals surface area contributed by atoms with E-state index in [4.69, 9.17) is 17.3 Å². The fourth-order valence-electron chi connectivity index (χ4n) is 1.37. The van der Waals surface area contributed by atoms with Crippen LogP contribution in [-0.2, 0) is 0 Å². The monoisotopic (exact) mass is 253 g/mol. The van der Waals surface area contributed by atoms with Crippen LogP contribution in [0.15, 0.2) is 18.2 Å². The fourth-order valence-corrected chi connectivity index (χ4v) is 2.42. The largest absolute Gasteiger partial charge is 0.322 e. The molecule has 1 unspecified atom stereocenters. The van der Waals surface area contributed by atoms with Crippen molar-refractivity contribution in [3.05, 3.63) is 33.8 Å². The zero-order valence-corrected chi connectivity index (χ0v) is 10.6. The number of hydrogen-bond donors (Lipinski definition) is 1. The molecular weight excluding hydrogens is 242 g/mol. The van der Waals surface area contributed by atoms with E-state index in [0.29, 0.717) is 0 Å². The molecular formula is C11H12ClN3S. The Hall–Kier alpha value is -0.970. The number of halogens is 1. The topological polar surface area (TPSA) is 51.8 Å². The fraction of sp³-hybridized carbons (Fsp3) is 0.273. The summed E-state index contributed by atoms with van der Waals surface area (Å²) in [6.07, 6.45) is 0. The molecule has 2 aromatic rings. The number of benzene rings is 1. The predicted octanol–water partition coefficient (Wildman–Crippen LogP) is 3.19. The maximum atomic E-state index is 6.06. The number of nitrogens with zero attached hydrogens (tertiary/aromatic N) is 2. The molecule has 2 rings (SSSR count). The minimum atomic E-state index is -0.0780. The SMILES string of the molecule is Cc1c(Cl)cccc1-c1nnc(C(C)N)s1. The number of rotatable bonds is 2. The van der Waals surface area contributed by atoms with Gasteiger partial charge < -0.3 is 5.73 Å². The van der Waals surface area contributed by atoms with E-state index in [1.807, 2.05) is 32.0 Å². The molecule has 0 radical (unpaired) electrons. The van der Waals surface area contributed by atoms with Crippen LogP contribution in [0.5, 0.6) is 0 Å². The van der Waals surface area contributed by atoms with Crippen molar-refractivity contribution >= 4 is 22.9 Å². The average Bonchev–Trinajstić information content (AvgIpc) is 2.71. The molecule has 0 spiro atoms. The smallest absolute Gasteiger partial charge is 0.148 e. The molecule has 0 fully saturated rings. The van der Waals surface area contributed by atoms with Crippen molar-refractivity contribution in [3.63, 3.8) is 0 Å². The van der Waals surface area contributed by atoms with Crippen LogP contribution < -0.4 is 5.73 Å². The van der Waals surface area contributed by atoms with Crippen LogP contribution in [0.3, 0.4) is 0 Å². The highest BCUT2D eigenvalue weighted by Gasteiger charge is 2.12. The Kier molecular flexibility index (Phi) is 3.23. The van der Waals surface area contributed by atoms with E-state index in [0.717, 1.165) is 26.2 Å². The van der Waals surface area contributed by atoms with Gasteiger partial charge in [0.1, 0.15) is 10.0 Å². The summed E-state index contributed by atoms with van der Waals surface area (Å²) >= 11 is 7.58. The molecule has 0 amide bonds. The van der Waals surface area contributed by atoms with Gasteiger partial charge in [0.15, 0.2) is 0 Å². The summed E-state index contributed by atoms with van der Waals surface area (Å²) < 4.78 is 0. The van der Waals surface area contributed by atoms with E-state index in [-0.39, 0.29) is 6.04 Å². The van der Waals surface area contributed by atoms with Gasteiger partial charge in [-0.15, -0.1) is 10.2 Å². The van der Waals surface area contributed by atoms with Crippen LogP contribution in [0.1, 0.15) is 23.5 Å². The predicted molar refractivity (Wildman–Crippen MR) is 67.7 cm³/mol. The molecule has 2 N–H and O–H groups in total. The Balaban J connectivity index is 2.47. The Morgan fingerprint density at radius 3 is 2.75 bits per heavy atom. The molecule has 1 heterocycles. The van der Waals surface area contributed by atoms with Crippen LogP contribution in [-0.4, -0.2) is 10.2 Å². The molecule has 16 heavy (non-hydrogen) atoms. The van der Waals surface area contributed by atoms with Gasteiger partial charge in [-0.3, -0.25) is 0 Å². The van der Waals surface area contributed by atoms with Crippen molar-refractivity contribution in [2.24, 2.45) is 5.73 Å². The molecule has 0 aliphatic carbocycles. The lowest BCUT2D eigenvalue weighted by atomic mass is 10.1. The summed E-state index contributed by atoms with van der Waals surface area (Å²) in [6, 6.07) is 5.70. The summed E-state index contributed by atoms with van der Waals surface area (Å²) in [6.45, 7) is 3.87. The molecule has 0 saturated heterocycles. The molecule has 3 nitrogen and oxygen atoms in total. The maximum absolute atomic E-state index is 6.06. The van der Waals surface area contributed by atoms with Gasteiger partial charge in [-0.1, -0.05) is 35.1 Å². The minimum absolute atomic E-state index is 0.0780. The first-order valence-corrected chi connectivity index (χ1v) is 6.13. The van der Waals surface area contributed by atoms with Crippen LogP contribution >= 0.6 is 22.9 Å². The highest BCUT2D eigenvalue weighted by atomic mass is 35.5. The highest BCUT2D eigenvalue weighted by molar-refractivity contribution is 7.14. The lowest BCUT2D eigenvalue weighted by Gasteiger charge is -2.02. The molecule has 0 aliphatic rings. The van der Waals surface area contributed by atoms with Gasteiger partial charge in [0, 0.05) is 10.6 Å². The van der Waals surface area contributed by atoms with Crippen LogP contribution in [0.25, 0.3) is 10.6 Å². The Morgan fingerprint density at radius 1 is 1.38 bits per heavy atom. The average molecular weight is 254 g/mol. The highest BCUT2D eigenvalue weighted by Crippen LogP contribution is 2.31. The van der Waals surface area contributed by atoms with Gasteiger partial charge in [-0.05, 0) is 25.5 Å². The Bertz CT molecular complexity index is 508. The molecule has 0 aliphatic heterocycles. The summed E-state index contributed by atoms with van der Waals surface area (Å²) in [5.74, 6) is 0. The van der Waals surface area contributed by atoms with Crippen LogP contribution in [0, 0.1) is 6.92 Å². The van der Waals surface area contributed by atoms with Crippen LogP contribution in [0.4, 0.5) is 0 Å². The van der Waals surface area contributed by atoms with Crippen molar-refractivity contribution in [2.75, 3.05) is 0 Å². The third-order valence-electron chi connectivity index (χ3n) is 2.33. The van der Waals surface area contributed by atoms with E-state index in [2.05, 4.69) is 10.2 Å². The van der Waals surface area contributed by atoms with Crippen molar-refractivity contribution in [1.29, 1.82) is 0 Å². The standard InChI is InChI=1S/C11H12ClN3S/c1-6-8(4-3-5-9(6)12)11-15-14-10(16-11)7(2)13/h3-5,7H,13H2,1-2H3. The first-order valence-electron chi connectivity index (χ1n) is 4.94. The maximum Gasteiger partial charge on any atom is 0.148 e. The normalized spacial score (nSPS) is 12.8. The molecule has 1 atom stereocenters. The van der Waals surface area contributed by atoms with Gasteiger partial charge in [-0.2, -0.15) is 0 Å². The van der Waals surface area contributed by atoms with Crippen molar-refractivity contribution < 1.29 is 0 Å². The zero-order valence-electron chi connectivity index (χ0n) is 9.07. The van der Waals surface area contributed by atoms with Crippen molar-refractivity contribution in [1.82, 2.24) is 10.2 Å². The minimum Gasteiger partial charge on any atom is -0.322 e. The Morgan fingerprint density at radius 2 is 2.12 bits per heavy atom. The van der Waals surface area contributed by atoms with E-state index < -0.39 is 0 Å². The third-order valence-corrected chi connectivity index (χ3v) is 3.90.